The summed E-state index contributed by atoms with van der Waals surface area (Å²) >= 11 is 1.55. The van der Waals surface area contributed by atoms with Crippen LogP contribution in [0.25, 0.3) is 10.2 Å². The number of halogens is 1. The molecule has 3 rings (SSSR count). The van der Waals surface area contributed by atoms with Crippen molar-refractivity contribution in [3.63, 3.8) is 0 Å². The van der Waals surface area contributed by atoms with E-state index in [0.29, 0.717) is 18.2 Å². The van der Waals surface area contributed by atoms with Crippen molar-refractivity contribution in [2.75, 3.05) is 38.7 Å². The number of hydrogen-bond acceptors (Lipinski definition) is 5. The van der Waals surface area contributed by atoms with E-state index < -0.39 is 0 Å². The van der Waals surface area contributed by atoms with Crippen molar-refractivity contribution < 1.29 is 9.53 Å². The van der Waals surface area contributed by atoms with Crippen LogP contribution in [0.5, 0.6) is 5.75 Å². The molecular formula is C24H32ClN3O2S. The first kappa shape index (κ1) is 25.1. The number of fused-ring (bicyclic) bond motifs is 1. The summed E-state index contributed by atoms with van der Waals surface area (Å²) in [6.45, 7) is 9.79. The van der Waals surface area contributed by atoms with Gasteiger partial charge in [0, 0.05) is 13.1 Å². The number of carbonyl (C=O) groups excluding carboxylic acids is 1. The molecule has 168 valence electrons. The summed E-state index contributed by atoms with van der Waals surface area (Å²) in [5.41, 5.74) is 4.60. The Balaban J connectivity index is 0.00000341. The quantitative estimate of drug-likeness (QED) is 0.448. The molecule has 1 amide bonds. The van der Waals surface area contributed by atoms with Gasteiger partial charge in [0.25, 0.3) is 5.91 Å². The first-order valence-electron chi connectivity index (χ1n) is 10.3. The summed E-state index contributed by atoms with van der Waals surface area (Å²) in [6.07, 6.45) is 0. The molecule has 0 saturated carbocycles. The Bertz CT molecular complexity index is 1020. The van der Waals surface area contributed by atoms with Crippen molar-refractivity contribution in [2.45, 2.75) is 33.6 Å². The monoisotopic (exact) mass is 461 g/mol. The lowest BCUT2D eigenvalue weighted by atomic mass is 10.0. The smallest absolute Gasteiger partial charge is 0.266 e. The van der Waals surface area contributed by atoms with Crippen molar-refractivity contribution in [3.8, 4) is 5.75 Å². The molecule has 31 heavy (non-hydrogen) atoms. The summed E-state index contributed by atoms with van der Waals surface area (Å²) < 4.78 is 6.90. The zero-order chi connectivity index (χ0) is 21.8. The predicted molar refractivity (Wildman–Crippen MR) is 133 cm³/mol. The maximum absolute atomic E-state index is 13.1. The number of anilines is 1. The first-order valence-corrected chi connectivity index (χ1v) is 11.1. The average Bonchev–Trinajstić information content (AvgIpc) is 3.14. The Kier molecular flexibility index (Phi) is 8.86. The Labute approximate surface area is 195 Å². The lowest BCUT2D eigenvalue weighted by Crippen LogP contribution is -2.39. The van der Waals surface area contributed by atoms with Crippen LogP contribution < -0.4 is 9.64 Å². The molecule has 0 unspecified atom stereocenters. The third-order valence-electron chi connectivity index (χ3n) is 5.29. The van der Waals surface area contributed by atoms with Crippen LogP contribution in [0.15, 0.2) is 36.4 Å². The highest BCUT2D eigenvalue weighted by Crippen LogP contribution is 2.32. The molecule has 0 aliphatic heterocycles. The fourth-order valence-corrected chi connectivity index (χ4v) is 4.20. The maximum Gasteiger partial charge on any atom is 0.266 e. The summed E-state index contributed by atoms with van der Waals surface area (Å²) in [5.74, 6) is 1.09. The van der Waals surface area contributed by atoms with Gasteiger partial charge in [-0.25, -0.2) is 4.98 Å². The third kappa shape index (κ3) is 6.19. The highest BCUT2D eigenvalue weighted by molar-refractivity contribution is 7.22. The van der Waals surface area contributed by atoms with E-state index in [1.54, 1.807) is 16.2 Å². The van der Waals surface area contributed by atoms with Gasteiger partial charge >= 0.3 is 0 Å². The molecule has 0 spiro atoms. The minimum absolute atomic E-state index is 0. The van der Waals surface area contributed by atoms with Crippen molar-refractivity contribution in [3.05, 3.63) is 53.1 Å². The molecule has 0 aliphatic rings. The van der Waals surface area contributed by atoms with E-state index in [-0.39, 0.29) is 24.9 Å². The normalized spacial score (nSPS) is 11.1. The molecule has 0 N–H and O–H groups in total. The van der Waals surface area contributed by atoms with Crippen molar-refractivity contribution in [1.82, 2.24) is 9.88 Å². The zero-order valence-electron chi connectivity index (χ0n) is 19.1. The van der Waals surface area contributed by atoms with Crippen LogP contribution in [0.2, 0.25) is 0 Å². The number of thiazole rings is 1. The zero-order valence-corrected chi connectivity index (χ0v) is 20.8. The number of ether oxygens (including phenoxy) is 1. The van der Waals surface area contributed by atoms with Gasteiger partial charge in [0.05, 0.1) is 10.2 Å². The van der Waals surface area contributed by atoms with Gasteiger partial charge in [-0.15, -0.1) is 12.4 Å². The lowest BCUT2D eigenvalue weighted by Gasteiger charge is -2.22. The highest BCUT2D eigenvalue weighted by Gasteiger charge is 2.21. The Hall–Kier alpha value is -2.15. The summed E-state index contributed by atoms with van der Waals surface area (Å²) in [7, 11) is 4.00. The van der Waals surface area contributed by atoms with Gasteiger partial charge in [0.1, 0.15) is 5.75 Å². The molecule has 0 bridgehead atoms. The molecule has 3 aromatic rings. The molecule has 7 heteroatoms. The van der Waals surface area contributed by atoms with E-state index in [4.69, 9.17) is 9.72 Å². The molecule has 0 aliphatic carbocycles. The van der Waals surface area contributed by atoms with E-state index in [9.17, 15) is 4.79 Å². The van der Waals surface area contributed by atoms with Gasteiger partial charge in [-0.05, 0) is 68.8 Å². The van der Waals surface area contributed by atoms with E-state index in [2.05, 4.69) is 44.7 Å². The van der Waals surface area contributed by atoms with Gasteiger partial charge in [-0.1, -0.05) is 43.4 Å². The number of aryl methyl sites for hydroxylation is 2. The second-order valence-corrected chi connectivity index (χ2v) is 9.22. The van der Waals surface area contributed by atoms with Crippen molar-refractivity contribution in [1.29, 1.82) is 0 Å². The van der Waals surface area contributed by atoms with Crippen molar-refractivity contribution >= 4 is 45.0 Å². The Morgan fingerprint density at radius 2 is 1.74 bits per heavy atom. The van der Waals surface area contributed by atoms with Crippen LogP contribution in [0.3, 0.4) is 0 Å². The molecule has 1 heterocycles. The van der Waals surface area contributed by atoms with Gasteiger partial charge in [-0.3, -0.25) is 9.69 Å². The van der Waals surface area contributed by atoms with Gasteiger partial charge in [0.2, 0.25) is 0 Å². The molecule has 0 fully saturated rings. The number of benzene rings is 2. The van der Waals surface area contributed by atoms with E-state index >= 15 is 0 Å². The second kappa shape index (κ2) is 10.9. The average molecular weight is 462 g/mol. The number of amides is 1. The maximum atomic E-state index is 13.1. The van der Waals surface area contributed by atoms with E-state index in [1.165, 1.54) is 11.1 Å². The van der Waals surface area contributed by atoms with Crippen LogP contribution in [0.1, 0.15) is 36.5 Å². The minimum Gasteiger partial charge on any atom is -0.484 e. The molecular weight excluding hydrogens is 430 g/mol. The number of rotatable bonds is 8. The largest absolute Gasteiger partial charge is 0.484 e. The molecule has 0 atom stereocenters. The fourth-order valence-electron chi connectivity index (χ4n) is 3.13. The first-order chi connectivity index (χ1) is 14.3. The van der Waals surface area contributed by atoms with E-state index in [1.807, 2.05) is 38.4 Å². The number of carbonyl (C=O) groups is 1. The number of nitrogens with zero attached hydrogens (tertiary/aromatic N) is 3. The topological polar surface area (TPSA) is 45.7 Å². The number of likely N-dealkylation sites (N-methyl/N-ethyl adjacent to an activating group) is 1. The summed E-state index contributed by atoms with van der Waals surface area (Å²) in [5, 5.41) is 0.726. The number of aromatic nitrogens is 1. The SMILES string of the molecule is Cc1ccc2sc(N(CCN(C)C)C(=O)COc3ccc(C(C)C)cc3)nc2c1C.Cl. The van der Waals surface area contributed by atoms with Crippen LogP contribution in [0, 0.1) is 13.8 Å². The third-order valence-corrected chi connectivity index (χ3v) is 6.33. The highest BCUT2D eigenvalue weighted by atomic mass is 35.5. The van der Waals surface area contributed by atoms with Gasteiger partial charge in [-0.2, -0.15) is 0 Å². The fraction of sp³-hybridized carbons (Fsp3) is 0.417. The van der Waals surface area contributed by atoms with Crippen molar-refractivity contribution in [2.24, 2.45) is 0 Å². The standard InChI is InChI=1S/C24H31N3O2S.ClH/c1-16(2)19-8-10-20(11-9-19)29-15-22(28)27(14-13-26(5)6)24-25-23-18(4)17(3)7-12-21(23)30-24;/h7-12,16H,13-15H2,1-6H3;1H. The Morgan fingerprint density at radius 1 is 1.06 bits per heavy atom. The van der Waals surface area contributed by atoms with Crippen LogP contribution in [-0.4, -0.2) is 49.6 Å². The van der Waals surface area contributed by atoms with Gasteiger partial charge in [0.15, 0.2) is 11.7 Å². The predicted octanol–water partition coefficient (Wildman–Crippen LogP) is 5.43. The minimum atomic E-state index is -0.0850. The van der Waals surface area contributed by atoms with Crippen LogP contribution in [0.4, 0.5) is 5.13 Å². The Morgan fingerprint density at radius 3 is 2.35 bits per heavy atom. The molecule has 5 nitrogen and oxygen atoms in total. The summed E-state index contributed by atoms with van der Waals surface area (Å²) in [6, 6.07) is 12.1. The molecule has 0 radical (unpaired) electrons. The number of hydrogen-bond donors (Lipinski definition) is 0. The molecule has 2 aromatic carbocycles. The van der Waals surface area contributed by atoms with E-state index in [0.717, 1.165) is 27.5 Å². The molecule has 0 saturated heterocycles. The van der Waals surface area contributed by atoms with Crippen LogP contribution >= 0.6 is 23.7 Å². The molecule has 1 aromatic heterocycles. The van der Waals surface area contributed by atoms with Crippen LogP contribution in [-0.2, 0) is 4.79 Å². The summed E-state index contributed by atoms with van der Waals surface area (Å²) in [4.78, 5) is 21.7. The lowest BCUT2D eigenvalue weighted by molar-refractivity contribution is -0.120. The van der Waals surface area contributed by atoms with Gasteiger partial charge < -0.3 is 9.64 Å². The second-order valence-electron chi connectivity index (χ2n) is 8.21.